The summed E-state index contributed by atoms with van der Waals surface area (Å²) in [5.41, 5.74) is 2.98. The monoisotopic (exact) mass is 393 g/mol. The number of aromatic nitrogens is 2. The molecule has 0 saturated carbocycles. The van der Waals surface area contributed by atoms with Crippen molar-refractivity contribution >= 4 is 34.3 Å². The van der Waals surface area contributed by atoms with Gasteiger partial charge in [-0.3, -0.25) is 19.8 Å². The van der Waals surface area contributed by atoms with E-state index in [0.717, 1.165) is 5.56 Å². The molecule has 1 aliphatic rings. The van der Waals surface area contributed by atoms with Crippen molar-refractivity contribution in [2.24, 2.45) is 0 Å². The van der Waals surface area contributed by atoms with Crippen LogP contribution >= 0.6 is 11.3 Å². The average molecular weight is 393 g/mol. The van der Waals surface area contributed by atoms with Crippen LogP contribution in [0.4, 0.5) is 9.93 Å². The predicted octanol–water partition coefficient (Wildman–Crippen LogP) is 2.70. The molecule has 140 valence electrons. The molecule has 28 heavy (non-hydrogen) atoms. The molecule has 0 bridgehead atoms. The van der Waals surface area contributed by atoms with E-state index in [9.17, 15) is 14.4 Å². The van der Waals surface area contributed by atoms with Gasteiger partial charge in [-0.25, -0.2) is 4.79 Å². The maximum absolute atomic E-state index is 12.9. The Bertz CT molecular complexity index is 988. The van der Waals surface area contributed by atoms with Crippen LogP contribution in [0, 0.1) is 0 Å². The Labute approximate surface area is 164 Å². The van der Waals surface area contributed by atoms with Crippen molar-refractivity contribution in [1.82, 2.24) is 20.4 Å². The average Bonchev–Trinajstić information content (AvgIpc) is 3.31. The summed E-state index contributed by atoms with van der Waals surface area (Å²) in [6, 6.07) is 14.7. The van der Waals surface area contributed by atoms with E-state index in [1.54, 1.807) is 24.3 Å². The summed E-state index contributed by atoms with van der Waals surface area (Å²) in [7, 11) is 0. The van der Waals surface area contributed by atoms with Gasteiger partial charge in [-0.05, 0) is 17.7 Å². The third-order valence-corrected chi connectivity index (χ3v) is 4.96. The van der Waals surface area contributed by atoms with Crippen molar-refractivity contribution in [3.63, 3.8) is 0 Å². The van der Waals surface area contributed by atoms with Gasteiger partial charge in [-0.1, -0.05) is 53.8 Å². The van der Waals surface area contributed by atoms with Crippen LogP contribution in [0.25, 0.3) is 0 Å². The number of fused-ring (bicyclic) bond motifs is 1. The van der Waals surface area contributed by atoms with Gasteiger partial charge in [0.05, 0.1) is 17.2 Å². The maximum atomic E-state index is 12.9. The Morgan fingerprint density at radius 3 is 2.25 bits per heavy atom. The molecule has 4 amide bonds. The van der Waals surface area contributed by atoms with E-state index in [1.165, 1.54) is 21.7 Å². The lowest BCUT2D eigenvalue weighted by Gasteiger charge is -2.27. The molecule has 3 aromatic rings. The first-order valence-corrected chi connectivity index (χ1v) is 9.36. The van der Waals surface area contributed by atoms with Gasteiger partial charge in [0.25, 0.3) is 11.8 Å². The van der Waals surface area contributed by atoms with Crippen LogP contribution in [0.2, 0.25) is 0 Å². The third kappa shape index (κ3) is 3.35. The molecule has 0 saturated heterocycles. The number of urea groups is 1. The molecule has 9 heteroatoms. The molecule has 1 aliphatic heterocycles. The molecule has 1 atom stereocenters. The summed E-state index contributed by atoms with van der Waals surface area (Å²) >= 11 is 1.19. The smallest absolute Gasteiger partial charge is 0.321 e. The second-order valence-electron chi connectivity index (χ2n) is 6.03. The van der Waals surface area contributed by atoms with Gasteiger partial charge in [0, 0.05) is 6.54 Å². The molecule has 0 radical (unpaired) electrons. The van der Waals surface area contributed by atoms with Crippen molar-refractivity contribution < 1.29 is 14.4 Å². The highest BCUT2D eigenvalue weighted by atomic mass is 32.1. The first-order chi connectivity index (χ1) is 13.6. The minimum atomic E-state index is -0.645. The molecule has 0 spiro atoms. The van der Waals surface area contributed by atoms with Crippen LogP contribution in [-0.2, 0) is 0 Å². The fourth-order valence-corrected chi connectivity index (χ4v) is 3.52. The summed E-state index contributed by atoms with van der Waals surface area (Å²) in [6.45, 7) is 0.0557. The van der Waals surface area contributed by atoms with Gasteiger partial charge in [0.1, 0.15) is 5.51 Å². The van der Waals surface area contributed by atoms with Gasteiger partial charge >= 0.3 is 6.03 Å². The van der Waals surface area contributed by atoms with Gasteiger partial charge in [0.2, 0.25) is 5.13 Å². The topological polar surface area (TPSA) is 104 Å². The summed E-state index contributed by atoms with van der Waals surface area (Å²) in [4.78, 5) is 39.1. The van der Waals surface area contributed by atoms with E-state index in [1.807, 2.05) is 30.3 Å². The standard InChI is InChI=1S/C19H15N5O3S/c25-16-13-8-4-5-9-14(13)17(26)24(16)15(12-6-2-1-3-7-12)10-20-18(27)22-19-23-21-11-28-19/h1-9,11,15H,10H2,(H2,20,22,23,27). The molecule has 0 fully saturated rings. The zero-order valence-corrected chi connectivity index (χ0v) is 15.3. The van der Waals surface area contributed by atoms with E-state index in [0.29, 0.717) is 16.3 Å². The highest BCUT2D eigenvalue weighted by Crippen LogP contribution is 2.31. The molecule has 8 nitrogen and oxygen atoms in total. The zero-order chi connectivity index (χ0) is 19.5. The number of nitrogens with zero attached hydrogens (tertiary/aromatic N) is 3. The second kappa shape index (κ2) is 7.57. The lowest BCUT2D eigenvalue weighted by atomic mass is 10.1. The lowest BCUT2D eigenvalue weighted by Crippen LogP contribution is -2.42. The molecule has 1 unspecified atom stereocenters. The van der Waals surface area contributed by atoms with Crippen LogP contribution in [-0.4, -0.2) is 39.5 Å². The normalized spacial score (nSPS) is 13.9. The van der Waals surface area contributed by atoms with Gasteiger partial charge < -0.3 is 5.32 Å². The number of anilines is 1. The molecule has 2 aromatic carbocycles. The van der Waals surface area contributed by atoms with Crippen LogP contribution in [0.5, 0.6) is 0 Å². The number of amides is 4. The zero-order valence-electron chi connectivity index (χ0n) is 14.5. The van der Waals surface area contributed by atoms with Crippen LogP contribution in [0.1, 0.15) is 32.3 Å². The van der Waals surface area contributed by atoms with Gasteiger partial charge in [-0.2, -0.15) is 0 Å². The van der Waals surface area contributed by atoms with Crippen molar-refractivity contribution in [3.8, 4) is 0 Å². The Kier molecular flexibility index (Phi) is 4.81. The molecule has 4 rings (SSSR count). The number of hydrogen-bond acceptors (Lipinski definition) is 6. The summed E-state index contributed by atoms with van der Waals surface area (Å²) in [5, 5.41) is 13.0. The second-order valence-corrected chi connectivity index (χ2v) is 6.86. The number of carbonyl (C=O) groups is 3. The summed E-state index contributed by atoms with van der Waals surface area (Å²) < 4.78 is 0. The molecular formula is C19H15N5O3S. The van der Waals surface area contributed by atoms with Crippen molar-refractivity contribution in [2.45, 2.75) is 6.04 Å². The highest BCUT2D eigenvalue weighted by molar-refractivity contribution is 7.13. The van der Waals surface area contributed by atoms with E-state index in [-0.39, 0.29) is 18.4 Å². The fraction of sp³-hybridized carbons (Fsp3) is 0.105. The molecule has 2 N–H and O–H groups in total. The molecular weight excluding hydrogens is 378 g/mol. The summed E-state index contributed by atoms with van der Waals surface area (Å²) in [5.74, 6) is -0.749. The van der Waals surface area contributed by atoms with Crippen LogP contribution in [0.15, 0.2) is 60.1 Å². The Hall–Kier alpha value is -3.59. The quantitative estimate of drug-likeness (QED) is 0.649. The molecule has 0 aliphatic carbocycles. The maximum Gasteiger partial charge on any atom is 0.321 e. The molecule has 1 aromatic heterocycles. The first-order valence-electron chi connectivity index (χ1n) is 8.48. The number of nitrogens with one attached hydrogen (secondary N) is 2. The third-order valence-electron chi connectivity index (χ3n) is 4.36. The number of benzene rings is 2. The van der Waals surface area contributed by atoms with Crippen molar-refractivity contribution in [3.05, 3.63) is 76.8 Å². The predicted molar refractivity (Wildman–Crippen MR) is 103 cm³/mol. The van der Waals surface area contributed by atoms with Gasteiger partial charge in [0.15, 0.2) is 0 Å². The van der Waals surface area contributed by atoms with Crippen molar-refractivity contribution in [1.29, 1.82) is 0 Å². The minimum Gasteiger partial charge on any atom is -0.335 e. The largest absolute Gasteiger partial charge is 0.335 e. The summed E-state index contributed by atoms with van der Waals surface area (Å²) in [6.07, 6.45) is 0. The van der Waals surface area contributed by atoms with E-state index < -0.39 is 12.1 Å². The number of rotatable bonds is 5. The van der Waals surface area contributed by atoms with Crippen LogP contribution < -0.4 is 10.6 Å². The minimum absolute atomic E-state index is 0.0557. The Morgan fingerprint density at radius 1 is 1.00 bits per heavy atom. The number of carbonyl (C=O) groups excluding carboxylic acids is 3. The molecule has 2 heterocycles. The van der Waals surface area contributed by atoms with Crippen LogP contribution in [0.3, 0.4) is 0 Å². The highest BCUT2D eigenvalue weighted by Gasteiger charge is 2.40. The van der Waals surface area contributed by atoms with Crippen molar-refractivity contribution in [2.75, 3.05) is 11.9 Å². The lowest BCUT2D eigenvalue weighted by molar-refractivity contribution is 0.0582. The Morgan fingerprint density at radius 2 is 1.64 bits per heavy atom. The van der Waals surface area contributed by atoms with E-state index >= 15 is 0 Å². The van der Waals surface area contributed by atoms with E-state index in [2.05, 4.69) is 20.8 Å². The first kappa shape index (κ1) is 17.8. The number of hydrogen-bond donors (Lipinski definition) is 2. The fourth-order valence-electron chi connectivity index (χ4n) is 3.08. The SMILES string of the molecule is O=C(NCC(c1ccccc1)N1C(=O)c2ccccc2C1=O)Nc1nncs1. The van der Waals surface area contributed by atoms with Gasteiger partial charge in [-0.15, -0.1) is 10.2 Å². The number of imide groups is 1. The van der Waals surface area contributed by atoms with E-state index in [4.69, 9.17) is 0 Å². The Balaban J connectivity index is 1.58.